The van der Waals surface area contributed by atoms with Crippen LogP contribution < -0.4 is 5.32 Å². The Bertz CT molecular complexity index is 1260. The molecule has 1 saturated heterocycles. The Kier molecular flexibility index (Phi) is 8.12. The van der Waals surface area contributed by atoms with E-state index in [1.165, 1.54) is 43.1 Å². The maximum Gasteiger partial charge on any atom is 0.337 e. The number of carbonyl (C=O) groups is 3. The van der Waals surface area contributed by atoms with E-state index in [0.717, 1.165) is 5.56 Å². The first-order valence-corrected chi connectivity index (χ1v) is 12.2. The number of ether oxygens (including phenoxy) is 1. The minimum Gasteiger partial charge on any atom is -0.465 e. The van der Waals surface area contributed by atoms with Crippen molar-refractivity contribution in [3.8, 4) is 0 Å². The zero-order valence-corrected chi connectivity index (χ0v) is 20.3. The number of hydrogen-bond acceptors (Lipinski definition) is 6. The number of hydrogen-bond donors (Lipinski definition) is 1. The molecule has 3 aromatic carbocycles. The number of amidine groups is 1. The van der Waals surface area contributed by atoms with Crippen molar-refractivity contribution >= 4 is 46.1 Å². The summed E-state index contributed by atoms with van der Waals surface area (Å²) in [6, 6.07) is 21.7. The van der Waals surface area contributed by atoms with Gasteiger partial charge in [0.1, 0.15) is 11.1 Å². The van der Waals surface area contributed by atoms with Crippen molar-refractivity contribution in [3.05, 3.63) is 95.8 Å². The largest absolute Gasteiger partial charge is 0.465 e. The number of halogens is 1. The number of aliphatic imine (C=N–C) groups is 1. The minimum absolute atomic E-state index is 0.00791. The number of rotatable bonds is 7. The summed E-state index contributed by atoms with van der Waals surface area (Å²) >= 11 is 1.19. The summed E-state index contributed by atoms with van der Waals surface area (Å²) in [5.41, 5.74) is 2.41. The van der Waals surface area contributed by atoms with E-state index in [4.69, 9.17) is 0 Å². The molecule has 1 aliphatic rings. The van der Waals surface area contributed by atoms with Gasteiger partial charge in [-0.25, -0.2) is 14.2 Å². The number of thioether (sulfide) groups is 1. The molecule has 7 nitrogen and oxygen atoms in total. The lowest BCUT2D eigenvalue weighted by Gasteiger charge is -2.32. The average molecular weight is 506 g/mol. The van der Waals surface area contributed by atoms with E-state index < -0.39 is 11.2 Å². The number of nitrogens with zero attached hydrogens (tertiary/aromatic N) is 2. The lowest BCUT2D eigenvalue weighted by molar-refractivity contribution is -0.129. The fourth-order valence-corrected chi connectivity index (χ4v) is 4.73. The van der Waals surface area contributed by atoms with Crippen LogP contribution in [0.4, 0.5) is 15.8 Å². The normalized spacial score (nSPS) is 16.6. The molecule has 1 atom stereocenters. The lowest BCUT2D eigenvalue weighted by Crippen LogP contribution is -2.46. The standard InChI is InChI=1S/C27H24FN3O4S/c1-35-26(34)19-7-11-21(12-8-19)29-25(33)23-17-24(32)31(16-15-18-5-3-2-4-6-18)27(36-23)30-22-13-9-20(28)10-14-22/h2-14,23H,15-17H2,1H3,(H,29,33)/t23-/m1/s1. The maximum atomic E-state index is 13.4. The summed E-state index contributed by atoms with van der Waals surface area (Å²) in [5.74, 6) is -1.43. The molecule has 0 unspecified atom stereocenters. The molecule has 9 heteroatoms. The highest BCUT2D eigenvalue weighted by Gasteiger charge is 2.35. The zero-order valence-electron chi connectivity index (χ0n) is 19.5. The number of benzene rings is 3. The molecule has 0 saturated carbocycles. The number of nitrogens with one attached hydrogen (secondary N) is 1. The van der Waals surface area contributed by atoms with Gasteiger partial charge in [0, 0.05) is 18.7 Å². The Balaban J connectivity index is 1.51. The van der Waals surface area contributed by atoms with Crippen LogP contribution in [0.15, 0.2) is 83.9 Å². The average Bonchev–Trinajstić information content (AvgIpc) is 2.90. The van der Waals surface area contributed by atoms with Crippen LogP contribution >= 0.6 is 11.8 Å². The summed E-state index contributed by atoms with van der Waals surface area (Å²) in [4.78, 5) is 43.9. The third-order valence-electron chi connectivity index (χ3n) is 5.52. The summed E-state index contributed by atoms with van der Waals surface area (Å²) in [7, 11) is 1.30. The predicted octanol–water partition coefficient (Wildman–Crippen LogP) is 4.82. The highest BCUT2D eigenvalue weighted by atomic mass is 32.2. The highest BCUT2D eigenvalue weighted by molar-refractivity contribution is 8.15. The Morgan fingerprint density at radius 1 is 1.06 bits per heavy atom. The van der Waals surface area contributed by atoms with Gasteiger partial charge in [-0.1, -0.05) is 42.1 Å². The molecule has 0 bridgehead atoms. The summed E-state index contributed by atoms with van der Waals surface area (Å²) in [6.45, 7) is 0.402. The van der Waals surface area contributed by atoms with E-state index in [-0.39, 0.29) is 24.1 Å². The van der Waals surface area contributed by atoms with Gasteiger partial charge in [-0.05, 0) is 60.5 Å². The molecule has 0 radical (unpaired) electrons. The monoisotopic (exact) mass is 505 g/mol. The molecule has 1 heterocycles. The van der Waals surface area contributed by atoms with E-state index in [9.17, 15) is 18.8 Å². The molecule has 2 amide bonds. The van der Waals surface area contributed by atoms with Gasteiger partial charge < -0.3 is 10.1 Å². The van der Waals surface area contributed by atoms with Crippen LogP contribution in [-0.4, -0.2) is 46.8 Å². The zero-order chi connectivity index (χ0) is 25.5. The molecule has 0 aliphatic carbocycles. The Morgan fingerprint density at radius 2 is 1.75 bits per heavy atom. The molecule has 0 aromatic heterocycles. The van der Waals surface area contributed by atoms with Crippen LogP contribution in [0.1, 0.15) is 22.3 Å². The second kappa shape index (κ2) is 11.6. The fraction of sp³-hybridized carbons (Fsp3) is 0.185. The third-order valence-corrected chi connectivity index (χ3v) is 6.71. The third kappa shape index (κ3) is 6.37. The van der Waals surface area contributed by atoms with Crippen LogP contribution in [0.3, 0.4) is 0 Å². The maximum absolute atomic E-state index is 13.4. The van der Waals surface area contributed by atoms with Crippen molar-refractivity contribution in [2.75, 3.05) is 19.0 Å². The molecular weight excluding hydrogens is 481 g/mol. The van der Waals surface area contributed by atoms with Gasteiger partial charge >= 0.3 is 5.97 Å². The molecular formula is C27H24FN3O4S. The number of methoxy groups -OCH3 is 1. The van der Waals surface area contributed by atoms with Gasteiger partial charge in [0.05, 0.1) is 18.4 Å². The SMILES string of the molecule is COC(=O)c1ccc(NC(=O)[C@H]2CC(=O)N(CCc3ccccc3)C(=Nc3ccc(F)cc3)S2)cc1. The molecule has 4 rings (SSSR count). The summed E-state index contributed by atoms with van der Waals surface area (Å²) in [6.07, 6.45) is 0.632. The quantitative estimate of drug-likeness (QED) is 0.466. The Labute approximate surface area is 212 Å². The smallest absolute Gasteiger partial charge is 0.337 e. The van der Waals surface area contributed by atoms with Gasteiger partial charge in [-0.2, -0.15) is 0 Å². The number of amides is 2. The fourth-order valence-electron chi connectivity index (χ4n) is 3.60. The topological polar surface area (TPSA) is 88.1 Å². The van der Waals surface area contributed by atoms with E-state index in [0.29, 0.717) is 35.1 Å². The highest BCUT2D eigenvalue weighted by Crippen LogP contribution is 2.30. The first-order valence-electron chi connectivity index (χ1n) is 11.3. The van der Waals surface area contributed by atoms with Crippen molar-refractivity contribution in [1.82, 2.24) is 4.90 Å². The van der Waals surface area contributed by atoms with Gasteiger partial charge in [0.25, 0.3) is 0 Å². The Morgan fingerprint density at radius 3 is 2.42 bits per heavy atom. The Hall–Kier alpha value is -3.98. The van der Waals surface area contributed by atoms with Crippen LogP contribution in [0.5, 0.6) is 0 Å². The second-order valence-corrected chi connectivity index (χ2v) is 9.19. The van der Waals surface area contributed by atoms with Crippen molar-refractivity contribution < 1.29 is 23.5 Å². The van der Waals surface area contributed by atoms with Crippen LogP contribution in [0.25, 0.3) is 0 Å². The number of esters is 1. The molecule has 36 heavy (non-hydrogen) atoms. The molecule has 1 fully saturated rings. The van der Waals surface area contributed by atoms with E-state index in [1.807, 2.05) is 30.3 Å². The predicted molar refractivity (Wildman–Crippen MR) is 138 cm³/mol. The second-order valence-electron chi connectivity index (χ2n) is 8.02. The van der Waals surface area contributed by atoms with Gasteiger partial charge in [0.2, 0.25) is 11.8 Å². The first kappa shape index (κ1) is 25.1. The number of carbonyl (C=O) groups excluding carboxylic acids is 3. The van der Waals surface area contributed by atoms with Crippen LogP contribution in [0.2, 0.25) is 0 Å². The van der Waals surface area contributed by atoms with Crippen molar-refractivity contribution in [1.29, 1.82) is 0 Å². The van der Waals surface area contributed by atoms with Gasteiger partial charge in [0.15, 0.2) is 5.17 Å². The van der Waals surface area contributed by atoms with Crippen molar-refractivity contribution in [2.24, 2.45) is 4.99 Å². The van der Waals surface area contributed by atoms with Crippen molar-refractivity contribution in [3.63, 3.8) is 0 Å². The molecule has 1 aliphatic heterocycles. The van der Waals surface area contributed by atoms with E-state index >= 15 is 0 Å². The van der Waals surface area contributed by atoms with E-state index in [1.54, 1.807) is 29.2 Å². The molecule has 1 N–H and O–H groups in total. The van der Waals surface area contributed by atoms with Gasteiger partial charge in [-0.3, -0.25) is 14.5 Å². The summed E-state index contributed by atoms with van der Waals surface area (Å²) in [5, 5.41) is 2.47. The molecule has 184 valence electrons. The van der Waals surface area contributed by atoms with Gasteiger partial charge in [-0.15, -0.1) is 0 Å². The van der Waals surface area contributed by atoms with Crippen LogP contribution in [0, 0.1) is 5.82 Å². The molecule has 3 aromatic rings. The number of anilines is 1. The molecule has 0 spiro atoms. The lowest BCUT2D eigenvalue weighted by atomic mass is 10.1. The first-order chi connectivity index (χ1) is 17.4. The van der Waals surface area contributed by atoms with Crippen LogP contribution in [-0.2, 0) is 20.7 Å². The minimum atomic E-state index is -0.704. The summed E-state index contributed by atoms with van der Waals surface area (Å²) < 4.78 is 18.1. The van der Waals surface area contributed by atoms with Crippen molar-refractivity contribution in [2.45, 2.75) is 18.1 Å². The van der Waals surface area contributed by atoms with E-state index in [2.05, 4.69) is 15.0 Å².